The van der Waals surface area contributed by atoms with Gasteiger partial charge in [0.15, 0.2) is 0 Å². The summed E-state index contributed by atoms with van der Waals surface area (Å²) in [5, 5.41) is 2.89. The van der Waals surface area contributed by atoms with Crippen LogP contribution in [0.25, 0.3) is 0 Å². The Labute approximate surface area is 72.9 Å². The third-order valence-electron chi connectivity index (χ3n) is 1.88. The number of nitrogens with zero attached hydrogens (tertiary/aromatic N) is 1. The first-order chi connectivity index (χ1) is 5.74. The summed E-state index contributed by atoms with van der Waals surface area (Å²) >= 11 is 0. The molecule has 0 aromatic rings. The average molecular weight is 172 g/mol. The van der Waals surface area contributed by atoms with Crippen molar-refractivity contribution in [3.63, 3.8) is 0 Å². The third kappa shape index (κ3) is 3.09. The molecule has 0 aromatic carbocycles. The number of hydrogen-bond donors (Lipinski definition) is 1. The molecule has 0 atom stereocenters. The maximum absolute atomic E-state index is 11.3. The monoisotopic (exact) mass is 172 g/mol. The van der Waals surface area contributed by atoms with E-state index in [0.29, 0.717) is 19.2 Å². The molecule has 2 amide bonds. The fourth-order valence-corrected chi connectivity index (χ4v) is 0.842. The van der Waals surface area contributed by atoms with Crippen molar-refractivity contribution in [2.75, 3.05) is 27.3 Å². The van der Waals surface area contributed by atoms with Crippen molar-refractivity contribution >= 4 is 6.03 Å². The van der Waals surface area contributed by atoms with E-state index in [2.05, 4.69) is 5.32 Å². The minimum absolute atomic E-state index is 0.00884. The Balaban J connectivity index is 2.11. The Morgan fingerprint density at radius 3 is 2.83 bits per heavy atom. The van der Waals surface area contributed by atoms with E-state index < -0.39 is 0 Å². The van der Waals surface area contributed by atoms with Gasteiger partial charge in [-0.25, -0.2) is 4.79 Å². The van der Waals surface area contributed by atoms with Gasteiger partial charge in [0.1, 0.15) is 0 Å². The predicted molar refractivity (Wildman–Crippen MR) is 46.1 cm³/mol. The van der Waals surface area contributed by atoms with Gasteiger partial charge < -0.3 is 15.0 Å². The lowest BCUT2D eigenvalue weighted by Gasteiger charge is -2.16. The van der Waals surface area contributed by atoms with Crippen molar-refractivity contribution in [1.29, 1.82) is 0 Å². The van der Waals surface area contributed by atoms with Crippen LogP contribution in [-0.4, -0.2) is 44.3 Å². The molecule has 1 fully saturated rings. The molecule has 0 saturated heterocycles. The van der Waals surface area contributed by atoms with Gasteiger partial charge in [-0.1, -0.05) is 0 Å². The van der Waals surface area contributed by atoms with Crippen molar-refractivity contribution < 1.29 is 9.53 Å². The molecule has 0 bridgehead atoms. The topological polar surface area (TPSA) is 41.6 Å². The Bertz CT molecular complexity index is 157. The number of methoxy groups -OCH3 is 1. The number of likely N-dealkylation sites (N-methyl/N-ethyl adjacent to an activating group) is 1. The lowest BCUT2D eigenvalue weighted by molar-refractivity contribution is 0.159. The summed E-state index contributed by atoms with van der Waals surface area (Å²) in [4.78, 5) is 12.9. The number of hydrogen-bond acceptors (Lipinski definition) is 2. The highest BCUT2D eigenvalue weighted by atomic mass is 16.5. The van der Waals surface area contributed by atoms with Gasteiger partial charge in [0.05, 0.1) is 6.61 Å². The van der Waals surface area contributed by atoms with Crippen molar-refractivity contribution in [2.24, 2.45) is 0 Å². The van der Waals surface area contributed by atoms with Crippen LogP contribution >= 0.6 is 0 Å². The normalized spacial score (nSPS) is 15.8. The first-order valence-corrected chi connectivity index (χ1v) is 4.24. The minimum Gasteiger partial charge on any atom is -0.383 e. The van der Waals surface area contributed by atoms with Gasteiger partial charge in [0.25, 0.3) is 0 Å². The van der Waals surface area contributed by atoms with Crippen LogP contribution in [0, 0.1) is 0 Å². The van der Waals surface area contributed by atoms with Crippen LogP contribution in [0.1, 0.15) is 12.8 Å². The predicted octanol–water partition coefficient (Wildman–Crippen LogP) is 0.437. The Hall–Kier alpha value is -0.770. The molecule has 1 rings (SSSR count). The molecule has 0 aliphatic heterocycles. The summed E-state index contributed by atoms with van der Waals surface area (Å²) < 4.78 is 4.86. The highest BCUT2D eigenvalue weighted by molar-refractivity contribution is 5.74. The summed E-state index contributed by atoms with van der Waals surface area (Å²) in [6.07, 6.45) is 2.26. The van der Waals surface area contributed by atoms with Crippen LogP contribution in [0.3, 0.4) is 0 Å². The van der Waals surface area contributed by atoms with Crippen molar-refractivity contribution in [1.82, 2.24) is 10.2 Å². The summed E-state index contributed by atoms with van der Waals surface area (Å²) in [7, 11) is 3.41. The van der Waals surface area contributed by atoms with Crippen molar-refractivity contribution in [3.8, 4) is 0 Å². The van der Waals surface area contributed by atoms with E-state index in [1.807, 2.05) is 0 Å². The van der Waals surface area contributed by atoms with Gasteiger partial charge in [-0.15, -0.1) is 0 Å². The Kier molecular flexibility index (Phi) is 3.34. The molecule has 70 valence electrons. The van der Waals surface area contributed by atoms with Gasteiger partial charge in [0, 0.05) is 26.7 Å². The molecule has 0 spiro atoms. The lowest BCUT2D eigenvalue weighted by atomic mass is 10.6. The van der Waals surface area contributed by atoms with E-state index in [4.69, 9.17) is 4.74 Å². The van der Waals surface area contributed by atoms with Gasteiger partial charge >= 0.3 is 6.03 Å². The van der Waals surface area contributed by atoms with Gasteiger partial charge in [0.2, 0.25) is 0 Å². The molecule has 1 N–H and O–H groups in total. The van der Waals surface area contributed by atoms with Crippen LogP contribution < -0.4 is 5.32 Å². The summed E-state index contributed by atoms with van der Waals surface area (Å²) in [6.45, 7) is 1.24. The van der Waals surface area contributed by atoms with Crippen LogP contribution in [0.15, 0.2) is 0 Å². The quantitative estimate of drug-likeness (QED) is 0.668. The minimum atomic E-state index is 0.00884. The first-order valence-electron chi connectivity index (χ1n) is 4.24. The number of ether oxygens (including phenoxy) is 1. The zero-order valence-corrected chi connectivity index (χ0v) is 7.67. The largest absolute Gasteiger partial charge is 0.383 e. The standard InChI is InChI=1S/C8H16N2O2/c1-10(5-6-12-2)8(11)9-7-3-4-7/h7H,3-6H2,1-2H3,(H,9,11). The summed E-state index contributed by atoms with van der Waals surface area (Å²) in [6, 6.07) is 0.442. The Morgan fingerprint density at radius 1 is 1.67 bits per heavy atom. The number of nitrogens with one attached hydrogen (secondary N) is 1. The number of carbonyl (C=O) groups is 1. The molecule has 0 aromatic heterocycles. The van der Waals surface area contributed by atoms with E-state index in [-0.39, 0.29) is 6.03 Å². The molecule has 0 heterocycles. The van der Waals surface area contributed by atoms with E-state index in [1.54, 1.807) is 19.1 Å². The lowest BCUT2D eigenvalue weighted by Crippen LogP contribution is -2.39. The highest BCUT2D eigenvalue weighted by Gasteiger charge is 2.24. The van der Waals surface area contributed by atoms with E-state index in [1.165, 1.54) is 0 Å². The first kappa shape index (κ1) is 9.32. The fourth-order valence-electron chi connectivity index (χ4n) is 0.842. The average Bonchev–Trinajstić information content (AvgIpc) is 2.83. The second-order valence-electron chi connectivity index (χ2n) is 3.14. The molecule has 12 heavy (non-hydrogen) atoms. The van der Waals surface area contributed by atoms with E-state index >= 15 is 0 Å². The Morgan fingerprint density at radius 2 is 2.33 bits per heavy atom. The maximum atomic E-state index is 11.3. The second-order valence-corrected chi connectivity index (χ2v) is 3.14. The SMILES string of the molecule is COCCN(C)C(=O)NC1CC1. The fraction of sp³-hybridized carbons (Fsp3) is 0.875. The number of amides is 2. The summed E-state index contributed by atoms with van der Waals surface area (Å²) in [5.74, 6) is 0. The maximum Gasteiger partial charge on any atom is 0.317 e. The molecule has 0 unspecified atom stereocenters. The van der Waals surface area contributed by atoms with Gasteiger partial charge in [-0.05, 0) is 12.8 Å². The molecule has 4 heteroatoms. The molecule has 0 radical (unpaired) electrons. The molecular formula is C8H16N2O2. The van der Waals surface area contributed by atoms with Crippen LogP contribution in [0.5, 0.6) is 0 Å². The van der Waals surface area contributed by atoms with Crippen LogP contribution in [-0.2, 0) is 4.74 Å². The molecule has 1 aliphatic carbocycles. The molecule has 1 aliphatic rings. The highest BCUT2D eigenvalue weighted by Crippen LogP contribution is 2.18. The van der Waals surface area contributed by atoms with Crippen molar-refractivity contribution in [3.05, 3.63) is 0 Å². The van der Waals surface area contributed by atoms with E-state index in [0.717, 1.165) is 12.8 Å². The third-order valence-corrected chi connectivity index (χ3v) is 1.88. The zero-order chi connectivity index (χ0) is 8.97. The molecule has 1 saturated carbocycles. The van der Waals surface area contributed by atoms with Gasteiger partial charge in [-0.3, -0.25) is 0 Å². The van der Waals surface area contributed by atoms with Gasteiger partial charge in [-0.2, -0.15) is 0 Å². The molecule has 4 nitrogen and oxygen atoms in total. The zero-order valence-electron chi connectivity index (χ0n) is 7.67. The van der Waals surface area contributed by atoms with Crippen molar-refractivity contribution in [2.45, 2.75) is 18.9 Å². The van der Waals surface area contributed by atoms with E-state index in [9.17, 15) is 4.79 Å². The van der Waals surface area contributed by atoms with Crippen LogP contribution in [0.2, 0.25) is 0 Å². The smallest absolute Gasteiger partial charge is 0.317 e. The number of urea groups is 1. The number of rotatable bonds is 4. The summed E-state index contributed by atoms with van der Waals surface area (Å²) in [5.41, 5.74) is 0. The molecular weight excluding hydrogens is 156 g/mol. The number of carbonyl (C=O) groups excluding carboxylic acids is 1. The second kappa shape index (κ2) is 4.30. The van der Waals surface area contributed by atoms with Crippen LogP contribution in [0.4, 0.5) is 4.79 Å².